The van der Waals surface area contributed by atoms with Gasteiger partial charge in [-0.3, -0.25) is 9.59 Å². The molecule has 0 amide bonds. The van der Waals surface area contributed by atoms with E-state index in [-0.39, 0.29) is 23.5 Å². The zero-order valence-electron chi connectivity index (χ0n) is 46.4. The average Bonchev–Trinajstić information content (AvgIpc) is 3.74. The molecule has 3 fully saturated rings. The van der Waals surface area contributed by atoms with Gasteiger partial charge in [0.2, 0.25) is 0 Å². The van der Waals surface area contributed by atoms with Crippen LogP contribution >= 0.6 is 0 Å². The van der Waals surface area contributed by atoms with Gasteiger partial charge in [0.1, 0.15) is 17.1 Å². The van der Waals surface area contributed by atoms with E-state index in [0.717, 1.165) is 130 Å². The van der Waals surface area contributed by atoms with Gasteiger partial charge < -0.3 is 29.2 Å². The Kier molecular flexibility index (Phi) is 22.5. The number of methoxy groups -OCH3 is 2. The highest BCUT2D eigenvalue weighted by Crippen LogP contribution is 2.67. The molecule has 404 valence electrons. The maximum Gasteiger partial charge on any atom is 0.305 e. The van der Waals surface area contributed by atoms with Crippen LogP contribution in [-0.4, -0.2) is 55.7 Å². The summed E-state index contributed by atoms with van der Waals surface area (Å²) in [5.74, 6) is 5.18. The molecule has 4 aliphatic carbocycles. The highest BCUT2D eigenvalue weighted by Gasteiger charge is 2.59. The van der Waals surface area contributed by atoms with Crippen LogP contribution in [0.25, 0.3) is 0 Å². The molecular weight excluding hydrogens is 897 g/mol. The van der Waals surface area contributed by atoms with Gasteiger partial charge in [0.25, 0.3) is 0 Å². The first-order chi connectivity index (χ1) is 34.7. The summed E-state index contributed by atoms with van der Waals surface area (Å²) in [4.78, 5) is 22.7. The third-order valence-corrected chi connectivity index (χ3v) is 19.4. The Morgan fingerprint density at radius 3 is 1.62 bits per heavy atom. The number of allylic oxidation sites excluding steroid dienone is 1. The molecule has 6 rings (SSSR count). The predicted molar refractivity (Wildman–Crippen MR) is 292 cm³/mol. The number of aliphatic hydroxyl groups is 2. The van der Waals surface area contributed by atoms with Crippen LogP contribution in [0.15, 0.2) is 60.2 Å². The van der Waals surface area contributed by atoms with Crippen molar-refractivity contribution in [1.82, 2.24) is 0 Å². The highest BCUT2D eigenvalue weighted by molar-refractivity contribution is 5.69. The molecule has 0 heterocycles. The van der Waals surface area contributed by atoms with Gasteiger partial charge in [0.05, 0.1) is 33.5 Å². The van der Waals surface area contributed by atoms with E-state index >= 15 is 0 Å². The molecule has 0 bridgehead atoms. The summed E-state index contributed by atoms with van der Waals surface area (Å²) in [5.41, 5.74) is 2.34. The van der Waals surface area contributed by atoms with E-state index in [4.69, 9.17) is 18.9 Å². The van der Waals surface area contributed by atoms with Crippen molar-refractivity contribution in [2.45, 2.75) is 233 Å². The number of carbonyl (C=O) groups is 2. The van der Waals surface area contributed by atoms with Crippen molar-refractivity contribution >= 4 is 11.9 Å². The predicted octanol–water partition coefficient (Wildman–Crippen LogP) is 15.8. The molecule has 0 aromatic heterocycles. The zero-order chi connectivity index (χ0) is 51.6. The molecule has 2 aromatic carbocycles. The van der Waals surface area contributed by atoms with Crippen molar-refractivity contribution < 1.29 is 38.7 Å². The second-order valence-electron chi connectivity index (χ2n) is 24.4. The molecule has 0 aliphatic heterocycles. The summed E-state index contributed by atoms with van der Waals surface area (Å²) in [6.45, 7) is 13.6. The number of rotatable bonds is 32. The number of benzene rings is 2. The molecule has 8 nitrogen and oxygen atoms in total. The van der Waals surface area contributed by atoms with E-state index in [1.807, 2.05) is 24.3 Å². The van der Waals surface area contributed by atoms with Crippen LogP contribution in [0.1, 0.15) is 232 Å². The summed E-state index contributed by atoms with van der Waals surface area (Å²) < 4.78 is 22.0. The monoisotopic (exact) mass is 997 g/mol. The van der Waals surface area contributed by atoms with E-state index in [0.29, 0.717) is 37.4 Å². The lowest BCUT2D eigenvalue weighted by atomic mass is 9.47. The van der Waals surface area contributed by atoms with Crippen molar-refractivity contribution in [3.8, 4) is 11.5 Å². The van der Waals surface area contributed by atoms with Gasteiger partial charge >= 0.3 is 11.9 Å². The minimum Gasteiger partial charge on any atom is -0.494 e. The molecule has 0 unspecified atom stereocenters. The smallest absolute Gasteiger partial charge is 0.305 e. The topological polar surface area (TPSA) is 112 Å². The molecule has 0 saturated heterocycles. The van der Waals surface area contributed by atoms with E-state index in [2.05, 4.69) is 65.0 Å². The second-order valence-corrected chi connectivity index (χ2v) is 24.4. The largest absolute Gasteiger partial charge is 0.494 e. The molecule has 2 aromatic rings. The van der Waals surface area contributed by atoms with E-state index in [1.54, 1.807) is 5.57 Å². The quantitative estimate of drug-likeness (QED) is 0.0424. The average molecular weight is 997 g/mol. The Morgan fingerprint density at radius 2 is 1.12 bits per heavy atom. The summed E-state index contributed by atoms with van der Waals surface area (Å²) >= 11 is 0. The third kappa shape index (κ3) is 14.9. The van der Waals surface area contributed by atoms with E-state index in [1.165, 1.54) is 104 Å². The number of hydrogen-bond donors (Lipinski definition) is 2. The molecule has 0 radical (unpaired) electrons. The number of carbonyl (C=O) groups excluding carboxylic acids is 2. The number of esters is 2. The van der Waals surface area contributed by atoms with E-state index in [9.17, 15) is 19.8 Å². The summed E-state index contributed by atoms with van der Waals surface area (Å²) in [6.07, 6.45) is 34.1. The van der Waals surface area contributed by atoms with Crippen molar-refractivity contribution in [2.75, 3.05) is 27.4 Å². The summed E-state index contributed by atoms with van der Waals surface area (Å²) in [5, 5.41) is 23.9. The first kappa shape index (κ1) is 57.9. The summed E-state index contributed by atoms with van der Waals surface area (Å²) in [6, 6.07) is 16.5. The molecule has 8 heteroatoms. The first-order valence-corrected chi connectivity index (χ1v) is 29.4. The Balaban J connectivity index is 1.03. The SMILES string of the molecule is COC(=O)CCCCCCCCCCOc1ccc(C(O)(c2ccc(OCCCCCCCCCCC(=O)OC)cc2)C(C)(C)CCC[C@@H](C)[C@H]2CC[C@H]3[C@@H]4CC=C5C[C@@H](O)CC[C@]5(C)[C@H]4CC[C@]23C)cc1. The molecule has 2 N–H and O–H groups in total. The molecule has 3 saturated carbocycles. The molecule has 4 aliphatic rings. The van der Waals surface area contributed by atoms with Crippen molar-refractivity contribution in [3.05, 3.63) is 71.3 Å². The van der Waals surface area contributed by atoms with E-state index < -0.39 is 11.0 Å². The zero-order valence-corrected chi connectivity index (χ0v) is 46.4. The summed E-state index contributed by atoms with van der Waals surface area (Å²) in [7, 11) is 2.91. The van der Waals surface area contributed by atoms with Crippen LogP contribution in [0.5, 0.6) is 11.5 Å². The van der Waals surface area contributed by atoms with Crippen LogP contribution in [0, 0.1) is 45.8 Å². The van der Waals surface area contributed by atoms with Crippen molar-refractivity contribution in [3.63, 3.8) is 0 Å². The minimum atomic E-state index is -1.23. The van der Waals surface area contributed by atoms with Gasteiger partial charge in [0, 0.05) is 18.3 Å². The second kappa shape index (κ2) is 28.0. The fourth-order valence-corrected chi connectivity index (χ4v) is 14.8. The Hall–Kier alpha value is -3.36. The van der Waals surface area contributed by atoms with Crippen LogP contribution in [-0.2, 0) is 24.7 Å². The maximum atomic E-state index is 13.3. The molecule has 8 atom stereocenters. The molecule has 72 heavy (non-hydrogen) atoms. The van der Waals surface area contributed by atoms with Crippen LogP contribution in [0.2, 0.25) is 0 Å². The number of fused-ring (bicyclic) bond motifs is 5. The van der Waals surface area contributed by atoms with Gasteiger partial charge in [-0.1, -0.05) is 160 Å². The third-order valence-electron chi connectivity index (χ3n) is 19.4. The minimum absolute atomic E-state index is 0.111. The van der Waals surface area contributed by atoms with Crippen molar-refractivity contribution in [2.24, 2.45) is 45.8 Å². The van der Waals surface area contributed by atoms with Gasteiger partial charge in [-0.2, -0.15) is 0 Å². The maximum absolute atomic E-state index is 13.3. The van der Waals surface area contributed by atoms with Crippen LogP contribution < -0.4 is 9.47 Å². The van der Waals surface area contributed by atoms with Crippen molar-refractivity contribution in [1.29, 1.82) is 0 Å². The number of unbranched alkanes of at least 4 members (excludes halogenated alkanes) is 14. The Bertz CT molecular complexity index is 1870. The highest BCUT2D eigenvalue weighted by atomic mass is 16.5. The fourth-order valence-electron chi connectivity index (χ4n) is 14.8. The first-order valence-electron chi connectivity index (χ1n) is 29.4. The fraction of sp³-hybridized carbons (Fsp3) is 0.750. The van der Waals surface area contributed by atoms with Crippen LogP contribution in [0.4, 0.5) is 0 Å². The standard InChI is InChI=1S/C64H100O8/c1-48(56-38-39-57-55-37-32-51-47-52(65)40-43-62(51,4)58(55)41-44-63(56,57)5)25-24-42-61(2,3)64(68,49-28-33-53(34-29-49)71-45-22-18-14-10-8-12-16-20-26-59(66)69-6)50-30-35-54(36-31-50)72-46-23-19-15-11-9-13-17-21-27-60(67)70-7/h28-36,48,52,55-58,65,68H,8-27,37-47H2,1-7H3/t48-,52+,55+,56-,57+,58+,62+,63-/m1/s1. The Morgan fingerprint density at radius 1 is 0.639 bits per heavy atom. The van der Waals surface area contributed by atoms with Gasteiger partial charge in [-0.25, -0.2) is 0 Å². The van der Waals surface area contributed by atoms with Gasteiger partial charge in [-0.15, -0.1) is 0 Å². The number of ether oxygens (including phenoxy) is 4. The molecular formula is C64H100O8. The lowest BCUT2D eigenvalue weighted by Gasteiger charge is -2.58. The normalized spacial score (nSPS) is 25.4. The Labute approximate surface area is 437 Å². The molecule has 0 spiro atoms. The number of hydrogen-bond acceptors (Lipinski definition) is 8. The van der Waals surface area contributed by atoms with Gasteiger partial charge in [0.15, 0.2) is 0 Å². The van der Waals surface area contributed by atoms with Gasteiger partial charge in [-0.05, 0) is 159 Å². The lowest BCUT2D eigenvalue weighted by Crippen LogP contribution is -2.50. The lowest BCUT2D eigenvalue weighted by molar-refractivity contribution is -0.141. The van der Waals surface area contributed by atoms with Crippen LogP contribution in [0.3, 0.4) is 0 Å². The number of aliphatic hydroxyl groups excluding tert-OH is 1.